The van der Waals surface area contributed by atoms with E-state index in [1.54, 1.807) is 0 Å². The van der Waals surface area contributed by atoms with Gasteiger partial charge in [-0.3, -0.25) is 0 Å². The first kappa shape index (κ1) is 10.5. The lowest BCUT2D eigenvalue weighted by Crippen LogP contribution is -2.06. The normalized spacial score (nSPS) is 10.5. The molecule has 0 aromatic heterocycles. The molecule has 0 bridgehead atoms. The summed E-state index contributed by atoms with van der Waals surface area (Å²) in [5, 5.41) is 19.9. The Bertz CT molecular complexity index is 91.7. The van der Waals surface area contributed by atoms with E-state index >= 15 is 0 Å². The molecule has 0 saturated carbocycles. The summed E-state index contributed by atoms with van der Waals surface area (Å²) in [6.07, 6.45) is 1.97. The van der Waals surface area contributed by atoms with Crippen molar-refractivity contribution in [1.82, 2.24) is 0 Å². The highest BCUT2D eigenvalue weighted by Crippen LogP contribution is 2.12. The van der Waals surface area contributed by atoms with Gasteiger partial charge in [-0.05, 0) is 25.2 Å². The molecule has 4 heteroatoms. The summed E-state index contributed by atoms with van der Waals surface area (Å²) in [5.41, 5.74) is 0. The van der Waals surface area contributed by atoms with Crippen LogP contribution < -0.4 is 0 Å². The van der Waals surface area contributed by atoms with Crippen LogP contribution in [-0.2, 0) is 0 Å². The lowest BCUT2D eigenvalue weighted by atomic mass is 9.99. The SMILES string of the molecule is O=NCCC(CCO)CCO. The summed E-state index contributed by atoms with van der Waals surface area (Å²) in [5.74, 6) is 0.239. The van der Waals surface area contributed by atoms with Gasteiger partial charge in [-0.2, -0.15) is 4.91 Å². The zero-order valence-corrected chi connectivity index (χ0v) is 6.57. The zero-order chi connectivity index (χ0) is 8.53. The topological polar surface area (TPSA) is 69.9 Å². The zero-order valence-electron chi connectivity index (χ0n) is 6.57. The minimum atomic E-state index is 0.115. The van der Waals surface area contributed by atoms with Gasteiger partial charge in [0.05, 0.1) is 6.54 Å². The number of rotatable bonds is 7. The molecule has 2 N–H and O–H groups in total. The molecule has 0 rings (SSSR count). The summed E-state index contributed by atoms with van der Waals surface area (Å²) in [6, 6.07) is 0. The first-order valence-corrected chi connectivity index (χ1v) is 3.86. The predicted octanol–water partition coefficient (Wildman–Crippen LogP) is 0.524. The van der Waals surface area contributed by atoms with E-state index in [9.17, 15) is 4.91 Å². The minimum Gasteiger partial charge on any atom is -0.396 e. The van der Waals surface area contributed by atoms with Crippen molar-refractivity contribution in [3.05, 3.63) is 4.91 Å². The fraction of sp³-hybridized carbons (Fsp3) is 1.00. The summed E-state index contributed by atoms with van der Waals surface area (Å²) in [4.78, 5) is 9.74. The van der Waals surface area contributed by atoms with Gasteiger partial charge in [0.25, 0.3) is 0 Å². The van der Waals surface area contributed by atoms with E-state index in [0.717, 1.165) is 0 Å². The van der Waals surface area contributed by atoms with Crippen molar-refractivity contribution in [2.75, 3.05) is 19.8 Å². The molecule has 0 aromatic rings. The average Bonchev–Trinajstić information content (AvgIpc) is 2.01. The van der Waals surface area contributed by atoms with Crippen molar-refractivity contribution in [3.63, 3.8) is 0 Å². The molecule has 0 amide bonds. The van der Waals surface area contributed by atoms with Crippen molar-refractivity contribution in [2.24, 2.45) is 11.1 Å². The van der Waals surface area contributed by atoms with Crippen LogP contribution in [0.1, 0.15) is 19.3 Å². The first-order chi connectivity index (χ1) is 5.35. The van der Waals surface area contributed by atoms with Gasteiger partial charge in [0.1, 0.15) is 0 Å². The van der Waals surface area contributed by atoms with E-state index in [-0.39, 0.29) is 25.7 Å². The number of hydrogen-bond donors (Lipinski definition) is 2. The minimum absolute atomic E-state index is 0.115. The Morgan fingerprint density at radius 3 is 2.00 bits per heavy atom. The molecule has 0 aliphatic rings. The van der Waals surface area contributed by atoms with Gasteiger partial charge in [-0.25, -0.2) is 0 Å². The maximum atomic E-state index is 9.74. The molecule has 0 unspecified atom stereocenters. The second kappa shape index (κ2) is 7.63. The molecular weight excluding hydrogens is 146 g/mol. The Labute approximate surface area is 66.2 Å². The Kier molecular flexibility index (Phi) is 7.29. The van der Waals surface area contributed by atoms with Gasteiger partial charge < -0.3 is 10.2 Å². The summed E-state index contributed by atoms with van der Waals surface area (Å²) < 4.78 is 0. The highest BCUT2D eigenvalue weighted by atomic mass is 16.3. The summed E-state index contributed by atoms with van der Waals surface area (Å²) in [6.45, 7) is 0.512. The van der Waals surface area contributed by atoms with Crippen LogP contribution in [0.3, 0.4) is 0 Å². The van der Waals surface area contributed by atoms with Crippen molar-refractivity contribution >= 4 is 0 Å². The third-order valence-electron chi connectivity index (χ3n) is 1.70. The van der Waals surface area contributed by atoms with Crippen molar-refractivity contribution in [3.8, 4) is 0 Å². The smallest absolute Gasteiger partial charge is 0.0813 e. The van der Waals surface area contributed by atoms with Gasteiger partial charge in [0.2, 0.25) is 0 Å². The van der Waals surface area contributed by atoms with E-state index in [2.05, 4.69) is 5.18 Å². The second-order valence-electron chi connectivity index (χ2n) is 2.53. The number of aliphatic hydroxyl groups is 2. The highest BCUT2D eigenvalue weighted by molar-refractivity contribution is 4.59. The largest absolute Gasteiger partial charge is 0.396 e. The maximum absolute atomic E-state index is 9.74. The molecule has 0 saturated heterocycles. The molecule has 4 nitrogen and oxygen atoms in total. The van der Waals surface area contributed by atoms with Crippen molar-refractivity contribution < 1.29 is 10.2 Å². The molecule has 0 radical (unpaired) electrons. The molecule has 0 fully saturated rings. The van der Waals surface area contributed by atoms with Crippen LogP contribution in [-0.4, -0.2) is 30.0 Å². The standard InChI is InChI=1S/C7H15NO3/c9-5-2-7(3-6-10)1-4-8-11/h7,9-10H,1-6H2. The van der Waals surface area contributed by atoms with E-state index in [0.29, 0.717) is 19.3 Å². The van der Waals surface area contributed by atoms with E-state index < -0.39 is 0 Å². The highest BCUT2D eigenvalue weighted by Gasteiger charge is 2.06. The van der Waals surface area contributed by atoms with Crippen LogP contribution in [0, 0.1) is 10.8 Å². The third-order valence-corrected chi connectivity index (χ3v) is 1.70. The van der Waals surface area contributed by atoms with Crippen LogP contribution in [0.4, 0.5) is 0 Å². The summed E-state index contributed by atoms with van der Waals surface area (Å²) >= 11 is 0. The molecule has 0 aliphatic heterocycles. The van der Waals surface area contributed by atoms with Crippen LogP contribution in [0.25, 0.3) is 0 Å². The van der Waals surface area contributed by atoms with Crippen LogP contribution >= 0.6 is 0 Å². The second-order valence-corrected chi connectivity index (χ2v) is 2.53. The lowest BCUT2D eigenvalue weighted by Gasteiger charge is -2.11. The molecule has 66 valence electrons. The molecule has 11 heavy (non-hydrogen) atoms. The molecular formula is C7H15NO3. The number of aliphatic hydroxyl groups excluding tert-OH is 2. The fourth-order valence-corrected chi connectivity index (χ4v) is 1.03. The Balaban J connectivity index is 3.41. The van der Waals surface area contributed by atoms with Gasteiger partial charge in [0, 0.05) is 13.2 Å². The van der Waals surface area contributed by atoms with E-state index in [4.69, 9.17) is 10.2 Å². The van der Waals surface area contributed by atoms with Gasteiger partial charge >= 0.3 is 0 Å². The average molecular weight is 161 g/mol. The number of nitrogens with zero attached hydrogens (tertiary/aromatic N) is 1. The van der Waals surface area contributed by atoms with E-state index in [1.165, 1.54) is 0 Å². The van der Waals surface area contributed by atoms with Crippen LogP contribution in [0.5, 0.6) is 0 Å². The maximum Gasteiger partial charge on any atom is 0.0813 e. The van der Waals surface area contributed by atoms with Crippen molar-refractivity contribution in [1.29, 1.82) is 0 Å². The Hall–Kier alpha value is -0.480. The molecule has 0 spiro atoms. The van der Waals surface area contributed by atoms with E-state index in [1.807, 2.05) is 0 Å². The van der Waals surface area contributed by atoms with Crippen LogP contribution in [0.15, 0.2) is 5.18 Å². The third kappa shape index (κ3) is 5.94. The lowest BCUT2D eigenvalue weighted by molar-refractivity contribution is 0.211. The Morgan fingerprint density at radius 2 is 1.64 bits per heavy atom. The first-order valence-electron chi connectivity index (χ1n) is 3.86. The number of hydrogen-bond acceptors (Lipinski definition) is 4. The molecule has 0 aliphatic carbocycles. The van der Waals surface area contributed by atoms with Crippen LogP contribution in [0.2, 0.25) is 0 Å². The fourth-order valence-electron chi connectivity index (χ4n) is 1.03. The quantitative estimate of drug-likeness (QED) is 0.535. The monoisotopic (exact) mass is 161 g/mol. The van der Waals surface area contributed by atoms with Gasteiger partial charge in [-0.1, -0.05) is 5.18 Å². The Morgan fingerprint density at radius 1 is 1.09 bits per heavy atom. The predicted molar refractivity (Wildman–Crippen MR) is 42.2 cm³/mol. The van der Waals surface area contributed by atoms with Crippen molar-refractivity contribution in [2.45, 2.75) is 19.3 Å². The molecule has 0 heterocycles. The number of nitroso groups, excluding NO2 is 1. The molecule has 0 atom stereocenters. The van der Waals surface area contributed by atoms with Gasteiger partial charge in [-0.15, -0.1) is 0 Å². The summed E-state index contributed by atoms with van der Waals surface area (Å²) in [7, 11) is 0. The van der Waals surface area contributed by atoms with Gasteiger partial charge in [0.15, 0.2) is 0 Å². The molecule has 0 aromatic carbocycles.